The third kappa shape index (κ3) is 6.12. The number of carbonyl (C=O) groups is 3. The Hall–Kier alpha value is -2.81. The fourth-order valence-electron chi connectivity index (χ4n) is 2.30. The van der Waals surface area contributed by atoms with Gasteiger partial charge in [0.25, 0.3) is 5.91 Å². The summed E-state index contributed by atoms with van der Waals surface area (Å²) < 4.78 is 4.90. The first kappa shape index (κ1) is 21.5. The second-order valence-corrected chi connectivity index (χ2v) is 7.62. The number of benzene rings is 1. The van der Waals surface area contributed by atoms with Crippen LogP contribution in [0.15, 0.2) is 34.9 Å². The Morgan fingerprint density at radius 2 is 1.93 bits per heavy atom. The number of nitrogens with one attached hydrogen (secondary N) is 2. The third-order valence-electron chi connectivity index (χ3n) is 3.99. The fraction of sp³-hybridized carbons (Fsp3) is 0.368. The molecule has 1 atom stereocenters. The lowest BCUT2D eigenvalue weighted by Crippen LogP contribution is -2.30. The van der Waals surface area contributed by atoms with E-state index in [9.17, 15) is 14.4 Å². The molecule has 1 aromatic heterocycles. The van der Waals surface area contributed by atoms with Crippen LogP contribution in [-0.4, -0.2) is 52.9 Å². The first-order valence-electron chi connectivity index (χ1n) is 8.71. The number of anilines is 1. The van der Waals surface area contributed by atoms with Crippen LogP contribution in [0, 0.1) is 6.92 Å². The summed E-state index contributed by atoms with van der Waals surface area (Å²) >= 11 is 1.25. The molecule has 0 unspecified atom stereocenters. The van der Waals surface area contributed by atoms with Crippen molar-refractivity contribution in [3.05, 3.63) is 47.2 Å². The summed E-state index contributed by atoms with van der Waals surface area (Å²) in [4.78, 5) is 37.6. The van der Waals surface area contributed by atoms with Crippen LogP contribution in [0.4, 0.5) is 5.82 Å². The van der Waals surface area contributed by atoms with Gasteiger partial charge < -0.3 is 20.1 Å². The summed E-state index contributed by atoms with van der Waals surface area (Å²) in [7, 11) is 3.28. The van der Waals surface area contributed by atoms with Crippen molar-refractivity contribution in [1.82, 2.24) is 15.4 Å². The van der Waals surface area contributed by atoms with E-state index in [0.717, 1.165) is 5.56 Å². The van der Waals surface area contributed by atoms with E-state index in [1.165, 1.54) is 11.8 Å². The lowest BCUT2D eigenvalue weighted by Gasteiger charge is -2.18. The number of thioether (sulfide) groups is 1. The predicted octanol–water partition coefficient (Wildman–Crippen LogP) is 2.06. The Bertz CT molecular complexity index is 835. The molecule has 0 spiro atoms. The van der Waals surface area contributed by atoms with Crippen molar-refractivity contribution in [2.75, 3.05) is 25.2 Å². The lowest BCUT2D eigenvalue weighted by molar-refractivity contribution is -0.127. The maximum absolute atomic E-state index is 12.3. The van der Waals surface area contributed by atoms with Crippen LogP contribution in [0.2, 0.25) is 0 Å². The van der Waals surface area contributed by atoms with Crippen LogP contribution >= 0.6 is 11.8 Å². The van der Waals surface area contributed by atoms with E-state index in [1.54, 1.807) is 51.0 Å². The van der Waals surface area contributed by atoms with Crippen molar-refractivity contribution < 1.29 is 18.9 Å². The number of amides is 3. The molecule has 8 nitrogen and oxygen atoms in total. The average molecular weight is 404 g/mol. The molecule has 2 rings (SSSR count). The minimum atomic E-state index is -0.416. The summed E-state index contributed by atoms with van der Waals surface area (Å²) in [6.45, 7) is 3.89. The van der Waals surface area contributed by atoms with Gasteiger partial charge in [0.15, 0.2) is 5.82 Å². The second-order valence-electron chi connectivity index (χ2n) is 6.29. The molecule has 1 aromatic carbocycles. The van der Waals surface area contributed by atoms with Gasteiger partial charge >= 0.3 is 0 Å². The molecule has 3 amide bonds. The highest BCUT2D eigenvalue weighted by Crippen LogP contribution is 2.15. The SMILES string of the molecule is CNC(=O)c1ccc(CN(C)C(=O)CS[C@@H](C)C(=O)Nc2cc(C)on2)cc1. The van der Waals surface area contributed by atoms with E-state index in [4.69, 9.17) is 4.52 Å². The molecular weight excluding hydrogens is 380 g/mol. The van der Waals surface area contributed by atoms with Gasteiger partial charge in [0.1, 0.15) is 5.76 Å². The lowest BCUT2D eigenvalue weighted by atomic mass is 10.1. The van der Waals surface area contributed by atoms with Crippen LogP contribution in [0.3, 0.4) is 0 Å². The van der Waals surface area contributed by atoms with E-state index >= 15 is 0 Å². The Morgan fingerprint density at radius 3 is 2.50 bits per heavy atom. The van der Waals surface area contributed by atoms with Crippen molar-refractivity contribution in [2.24, 2.45) is 0 Å². The molecule has 0 saturated carbocycles. The van der Waals surface area contributed by atoms with Crippen molar-refractivity contribution in [3.63, 3.8) is 0 Å². The van der Waals surface area contributed by atoms with E-state index in [-0.39, 0.29) is 23.5 Å². The van der Waals surface area contributed by atoms with Crippen LogP contribution in [0.5, 0.6) is 0 Å². The van der Waals surface area contributed by atoms with Crippen LogP contribution in [0.25, 0.3) is 0 Å². The normalized spacial score (nSPS) is 11.6. The Kier molecular flexibility index (Phi) is 7.62. The second kappa shape index (κ2) is 9.93. The number of rotatable bonds is 8. The van der Waals surface area contributed by atoms with Gasteiger partial charge in [-0.05, 0) is 31.5 Å². The average Bonchev–Trinajstić information content (AvgIpc) is 3.10. The van der Waals surface area contributed by atoms with Gasteiger partial charge in [-0.2, -0.15) is 0 Å². The largest absolute Gasteiger partial charge is 0.360 e. The number of aryl methyl sites for hydroxylation is 1. The smallest absolute Gasteiger partial charge is 0.251 e. The first-order valence-corrected chi connectivity index (χ1v) is 9.75. The monoisotopic (exact) mass is 404 g/mol. The van der Waals surface area contributed by atoms with E-state index in [2.05, 4.69) is 15.8 Å². The Morgan fingerprint density at radius 1 is 1.25 bits per heavy atom. The molecule has 0 aliphatic carbocycles. The van der Waals surface area contributed by atoms with Crippen molar-refractivity contribution in [2.45, 2.75) is 25.6 Å². The van der Waals surface area contributed by atoms with E-state index < -0.39 is 5.25 Å². The molecule has 0 aliphatic heterocycles. The van der Waals surface area contributed by atoms with Crippen molar-refractivity contribution in [3.8, 4) is 0 Å². The Balaban J connectivity index is 1.79. The maximum atomic E-state index is 12.3. The van der Waals surface area contributed by atoms with Crippen molar-refractivity contribution in [1.29, 1.82) is 0 Å². The molecular formula is C19H24N4O4S. The molecule has 9 heteroatoms. The van der Waals surface area contributed by atoms with E-state index in [1.807, 2.05) is 12.1 Å². The molecule has 0 radical (unpaired) electrons. The molecule has 0 fully saturated rings. The molecule has 0 bridgehead atoms. The van der Waals surface area contributed by atoms with Gasteiger partial charge in [0.05, 0.1) is 11.0 Å². The zero-order chi connectivity index (χ0) is 20.7. The van der Waals surface area contributed by atoms with Gasteiger partial charge in [-0.15, -0.1) is 11.8 Å². The molecule has 150 valence electrons. The number of carbonyl (C=O) groups excluding carboxylic acids is 3. The maximum Gasteiger partial charge on any atom is 0.251 e. The van der Waals surface area contributed by atoms with Crippen LogP contribution < -0.4 is 10.6 Å². The zero-order valence-electron chi connectivity index (χ0n) is 16.3. The number of hydrogen-bond donors (Lipinski definition) is 2. The number of aromatic nitrogens is 1. The highest BCUT2D eigenvalue weighted by Gasteiger charge is 2.18. The van der Waals surface area contributed by atoms with E-state index in [0.29, 0.717) is 23.7 Å². The molecule has 28 heavy (non-hydrogen) atoms. The van der Waals surface area contributed by atoms with Gasteiger partial charge in [-0.3, -0.25) is 14.4 Å². The van der Waals surface area contributed by atoms with Crippen LogP contribution in [0.1, 0.15) is 28.6 Å². The van der Waals surface area contributed by atoms with Gasteiger partial charge in [0.2, 0.25) is 11.8 Å². The number of nitrogens with zero attached hydrogens (tertiary/aromatic N) is 2. The third-order valence-corrected chi connectivity index (χ3v) is 5.12. The molecule has 2 N–H and O–H groups in total. The topological polar surface area (TPSA) is 105 Å². The Labute approximate surface area is 168 Å². The summed E-state index contributed by atoms with van der Waals surface area (Å²) in [5.41, 5.74) is 1.48. The summed E-state index contributed by atoms with van der Waals surface area (Å²) in [5.74, 6) is 0.671. The molecule has 1 heterocycles. The van der Waals surface area contributed by atoms with Gasteiger partial charge in [0, 0.05) is 32.3 Å². The number of hydrogen-bond acceptors (Lipinski definition) is 6. The highest BCUT2D eigenvalue weighted by atomic mass is 32.2. The summed E-state index contributed by atoms with van der Waals surface area (Å²) in [6.07, 6.45) is 0. The molecule has 2 aromatic rings. The summed E-state index contributed by atoms with van der Waals surface area (Å²) in [5, 5.41) is 8.52. The summed E-state index contributed by atoms with van der Waals surface area (Å²) in [6, 6.07) is 8.71. The minimum Gasteiger partial charge on any atom is -0.360 e. The fourth-order valence-corrected chi connectivity index (χ4v) is 3.13. The van der Waals surface area contributed by atoms with Gasteiger partial charge in [-0.25, -0.2) is 0 Å². The zero-order valence-corrected chi connectivity index (χ0v) is 17.1. The van der Waals surface area contributed by atoms with Crippen LogP contribution in [-0.2, 0) is 16.1 Å². The molecule has 0 aliphatic rings. The quantitative estimate of drug-likeness (QED) is 0.698. The van der Waals surface area contributed by atoms with Gasteiger partial charge in [-0.1, -0.05) is 17.3 Å². The standard InChI is InChI=1S/C19H24N4O4S/c1-12-9-16(22-27-12)21-18(25)13(2)28-11-17(24)23(4)10-14-5-7-15(8-6-14)19(26)20-3/h5-9,13H,10-11H2,1-4H3,(H,20,26)(H,21,22,25)/t13-/m0/s1. The molecule has 0 saturated heterocycles. The highest BCUT2D eigenvalue weighted by molar-refractivity contribution is 8.01. The predicted molar refractivity (Wildman–Crippen MR) is 108 cm³/mol. The first-order chi connectivity index (χ1) is 13.3. The van der Waals surface area contributed by atoms with Crippen molar-refractivity contribution >= 4 is 35.3 Å². The minimum absolute atomic E-state index is 0.0858.